The molecule has 0 bridgehead atoms. The molecule has 5 heteroatoms. The lowest BCUT2D eigenvalue weighted by molar-refractivity contribution is 0.177. The van der Waals surface area contributed by atoms with Crippen molar-refractivity contribution in [1.29, 1.82) is 0 Å². The Kier molecular flexibility index (Phi) is 5.39. The molecule has 0 spiro atoms. The van der Waals surface area contributed by atoms with Gasteiger partial charge in [-0.2, -0.15) is 4.98 Å². The minimum atomic E-state index is -0.0514. The summed E-state index contributed by atoms with van der Waals surface area (Å²) in [6.45, 7) is 7.02. The van der Waals surface area contributed by atoms with E-state index in [9.17, 15) is 0 Å². The van der Waals surface area contributed by atoms with Gasteiger partial charge in [-0.15, -0.1) is 12.4 Å². The van der Waals surface area contributed by atoms with Crippen molar-refractivity contribution >= 4 is 12.4 Å². The first-order chi connectivity index (χ1) is 8.45. The second kappa shape index (κ2) is 6.23. The molecule has 0 atom stereocenters. The third-order valence-electron chi connectivity index (χ3n) is 4.01. The molecule has 110 valence electrons. The second-order valence-electron chi connectivity index (χ2n) is 6.70. The molecule has 1 aliphatic carbocycles. The molecule has 0 radical (unpaired) electrons. The number of hydrogen-bond acceptors (Lipinski definition) is 4. The quantitative estimate of drug-likeness (QED) is 0.927. The van der Waals surface area contributed by atoms with E-state index < -0.39 is 0 Å². The van der Waals surface area contributed by atoms with E-state index in [4.69, 9.17) is 10.3 Å². The Bertz CT molecular complexity index is 392. The maximum Gasteiger partial charge on any atom is 0.227 e. The zero-order valence-electron chi connectivity index (χ0n) is 12.2. The van der Waals surface area contributed by atoms with Gasteiger partial charge in [0.05, 0.1) is 0 Å². The van der Waals surface area contributed by atoms with Crippen LogP contribution < -0.4 is 5.73 Å². The van der Waals surface area contributed by atoms with Crippen molar-refractivity contribution in [1.82, 2.24) is 10.1 Å². The topological polar surface area (TPSA) is 64.9 Å². The normalized spacial score (nSPS) is 18.9. The van der Waals surface area contributed by atoms with Gasteiger partial charge in [0.2, 0.25) is 5.89 Å². The summed E-state index contributed by atoms with van der Waals surface area (Å²) < 4.78 is 5.40. The van der Waals surface area contributed by atoms with Gasteiger partial charge in [-0.1, -0.05) is 45.2 Å². The van der Waals surface area contributed by atoms with Crippen molar-refractivity contribution in [2.75, 3.05) is 6.54 Å². The fourth-order valence-electron chi connectivity index (χ4n) is 2.71. The zero-order valence-corrected chi connectivity index (χ0v) is 13.1. The van der Waals surface area contributed by atoms with Crippen molar-refractivity contribution < 1.29 is 4.52 Å². The van der Waals surface area contributed by atoms with Crippen LogP contribution in [0.3, 0.4) is 0 Å². The Hall–Kier alpha value is -0.610. The maximum absolute atomic E-state index is 5.99. The van der Waals surface area contributed by atoms with Crippen LogP contribution in [0.15, 0.2) is 4.52 Å². The molecule has 1 saturated carbocycles. The monoisotopic (exact) mass is 287 g/mol. The molecule has 0 saturated heterocycles. The van der Waals surface area contributed by atoms with E-state index >= 15 is 0 Å². The van der Waals surface area contributed by atoms with E-state index in [1.54, 1.807) is 0 Å². The molecule has 1 fully saturated rings. The largest absolute Gasteiger partial charge is 0.339 e. The first-order valence-corrected chi connectivity index (χ1v) is 6.98. The molecule has 1 aromatic rings. The fraction of sp³-hybridized carbons (Fsp3) is 0.857. The van der Waals surface area contributed by atoms with Crippen LogP contribution in [0.5, 0.6) is 0 Å². The third-order valence-corrected chi connectivity index (χ3v) is 4.01. The molecule has 1 aromatic heterocycles. The predicted molar refractivity (Wildman–Crippen MR) is 78.5 cm³/mol. The molecule has 0 aromatic carbocycles. The van der Waals surface area contributed by atoms with Crippen LogP contribution in [0, 0.1) is 5.41 Å². The van der Waals surface area contributed by atoms with Crippen molar-refractivity contribution in [3.8, 4) is 0 Å². The highest BCUT2D eigenvalue weighted by Gasteiger charge is 2.33. The molecular formula is C14H26ClN3O. The van der Waals surface area contributed by atoms with Crippen molar-refractivity contribution in [2.24, 2.45) is 11.1 Å². The summed E-state index contributed by atoms with van der Waals surface area (Å²) in [7, 11) is 0. The Morgan fingerprint density at radius 1 is 1.21 bits per heavy atom. The highest BCUT2D eigenvalue weighted by molar-refractivity contribution is 5.85. The van der Waals surface area contributed by atoms with Gasteiger partial charge in [0, 0.05) is 11.8 Å². The van der Waals surface area contributed by atoms with Gasteiger partial charge < -0.3 is 10.3 Å². The molecule has 2 N–H and O–H groups in total. The number of aromatic nitrogens is 2. The summed E-state index contributed by atoms with van der Waals surface area (Å²) in [6.07, 6.45) is 7.10. The van der Waals surface area contributed by atoms with Crippen LogP contribution in [0.4, 0.5) is 0 Å². The Morgan fingerprint density at radius 2 is 1.84 bits per heavy atom. The van der Waals surface area contributed by atoms with E-state index in [1.165, 1.54) is 32.1 Å². The SMILES string of the molecule is CC(C)(C)c1noc(CC2(CN)CCCCC2)n1.Cl. The van der Waals surface area contributed by atoms with Crippen LogP contribution >= 0.6 is 12.4 Å². The molecule has 0 amide bonds. The molecule has 4 nitrogen and oxygen atoms in total. The lowest BCUT2D eigenvalue weighted by Crippen LogP contribution is -2.35. The Labute approximate surface area is 121 Å². The molecule has 19 heavy (non-hydrogen) atoms. The smallest absolute Gasteiger partial charge is 0.227 e. The van der Waals surface area contributed by atoms with Crippen molar-refractivity contribution in [3.63, 3.8) is 0 Å². The zero-order chi connectivity index (χ0) is 13.2. The van der Waals surface area contributed by atoms with Crippen LogP contribution in [0.2, 0.25) is 0 Å². The minimum Gasteiger partial charge on any atom is -0.339 e. The molecule has 2 rings (SSSR count). The number of hydrogen-bond donors (Lipinski definition) is 1. The summed E-state index contributed by atoms with van der Waals surface area (Å²) >= 11 is 0. The van der Waals surface area contributed by atoms with E-state index in [1.807, 2.05) is 0 Å². The van der Waals surface area contributed by atoms with Crippen LogP contribution in [0.1, 0.15) is 64.6 Å². The summed E-state index contributed by atoms with van der Waals surface area (Å²) in [5.41, 5.74) is 6.13. The van der Waals surface area contributed by atoms with Gasteiger partial charge in [-0.05, 0) is 24.8 Å². The average Bonchev–Trinajstić information content (AvgIpc) is 2.78. The summed E-state index contributed by atoms with van der Waals surface area (Å²) in [5, 5.41) is 4.09. The van der Waals surface area contributed by atoms with Gasteiger partial charge >= 0.3 is 0 Å². The molecule has 1 heterocycles. The lowest BCUT2D eigenvalue weighted by atomic mass is 9.72. The van der Waals surface area contributed by atoms with Crippen LogP contribution in [0.25, 0.3) is 0 Å². The highest BCUT2D eigenvalue weighted by Crippen LogP contribution is 2.38. The maximum atomic E-state index is 5.99. The number of nitrogens with two attached hydrogens (primary N) is 1. The van der Waals surface area contributed by atoms with Crippen LogP contribution in [-0.2, 0) is 11.8 Å². The van der Waals surface area contributed by atoms with Gasteiger partial charge in [0.1, 0.15) is 0 Å². The standard InChI is InChI=1S/C14H25N3O.ClH/c1-13(2,3)12-16-11(18-17-12)9-14(10-15)7-5-4-6-8-14;/h4-10,15H2,1-3H3;1H. The Balaban J connectivity index is 0.00000180. The van der Waals surface area contributed by atoms with Crippen molar-refractivity contribution in [3.05, 3.63) is 11.7 Å². The molecule has 0 unspecified atom stereocenters. The molecule has 0 aliphatic heterocycles. The van der Waals surface area contributed by atoms with Gasteiger partial charge in [-0.3, -0.25) is 0 Å². The third kappa shape index (κ3) is 3.93. The van der Waals surface area contributed by atoms with E-state index in [-0.39, 0.29) is 23.2 Å². The Morgan fingerprint density at radius 3 is 2.32 bits per heavy atom. The average molecular weight is 288 g/mol. The van der Waals surface area contributed by atoms with Crippen LogP contribution in [-0.4, -0.2) is 16.7 Å². The number of rotatable bonds is 3. The molecule has 1 aliphatic rings. The van der Waals surface area contributed by atoms with E-state index in [0.717, 1.165) is 24.7 Å². The van der Waals surface area contributed by atoms with Crippen molar-refractivity contribution in [2.45, 2.75) is 64.7 Å². The summed E-state index contributed by atoms with van der Waals surface area (Å²) in [5.74, 6) is 1.55. The number of halogens is 1. The number of nitrogens with zero attached hydrogens (tertiary/aromatic N) is 2. The minimum absolute atomic E-state index is 0. The summed E-state index contributed by atoms with van der Waals surface area (Å²) in [6, 6.07) is 0. The first kappa shape index (κ1) is 16.4. The molecular weight excluding hydrogens is 262 g/mol. The second-order valence-corrected chi connectivity index (χ2v) is 6.70. The summed E-state index contributed by atoms with van der Waals surface area (Å²) in [4.78, 5) is 4.54. The van der Waals surface area contributed by atoms with Gasteiger partial charge in [0.15, 0.2) is 5.82 Å². The van der Waals surface area contributed by atoms with E-state index in [2.05, 4.69) is 30.9 Å². The first-order valence-electron chi connectivity index (χ1n) is 6.98. The predicted octanol–water partition coefficient (Wildman–Crippen LogP) is 3.24. The highest BCUT2D eigenvalue weighted by atomic mass is 35.5. The van der Waals surface area contributed by atoms with E-state index in [0.29, 0.717) is 0 Å². The fourth-order valence-corrected chi connectivity index (χ4v) is 2.71. The lowest BCUT2D eigenvalue weighted by Gasteiger charge is -2.34. The van der Waals surface area contributed by atoms with Gasteiger partial charge in [-0.25, -0.2) is 0 Å². The van der Waals surface area contributed by atoms with Gasteiger partial charge in [0.25, 0.3) is 0 Å².